The summed E-state index contributed by atoms with van der Waals surface area (Å²) in [6.07, 6.45) is 3.54. The van der Waals surface area contributed by atoms with Crippen LogP contribution in [0.1, 0.15) is 43.9 Å². The third kappa shape index (κ3) is 3.02. The zero-order valence-corrected chi connectivity index (χ0v) is 12.5. The molecule has 0 amide bonds. The minimum Gasteiger partial charge on any atom is -0.373 e. The van der Waals surface area contributed by atoms with Gasteiger partial charge in [-0.3, -0.25) is 9.78 Å². The van der Waals surface area contributed by atoms with Crippen molar-refractivity contribution in [3.8, 4) is 0 Å². The summed E-state index contributed by atoms with van der Waals surface area (Å²) in [4.78, 5) is 19.2. The highest BCUT2D eigenvalue weighted by Crippen LogP contribution is 2.27. The Morgan fingerprint density at radius 1 is 1.45 bits per heavy atom. The fourth-order valence-electron chi connectivity index (χ4n) is 2.28. The molecule has 5 heteroatoms. The van der Waals surface area contributed by atoms with Crippen molar-refractivity contribution in [3.05, 3.63) is 39.8 Å². The summed E-state index contributed by atoms with van der Waals surface area (Å²) in [6, 6.07) is 3.68. The van der Waals surface area contributed by atoms with Gasteiger partial charge < -0.3 is 9.72 Å². The Kier molecular flexibility index (Phi) is 5.15. The zero-order valence-electron chi connectivity index (χ0n) is 11.8. The summed E-state index contributed by atoms with van der Waals surface area (Å²) in [5.74, 6) is 0.387. The second-order valence-electron chi connectivity index (χ2n) is 4.47. The quantitative estimate of drug-likeness (QED) is 0.862. The molecule has 1 N–H and O–H groups in total. The van der Waals surface area contributed by atoms with Crippen LogP contribution in [0.4, 0.5) is 0 Å². The van der Waals surface area contributed by atoms with Gasteiger partial charge in [0.25, 0.3) is 5.56 Å². The van der Waals surface area contributed by atoms with Crippen molar-refractivity contribution >= 4 is 22.6 Å². The average molecular weight is 295 g/mol. The van der Waals surface area contributed by atoms with Crippen LogP contribution in [0.2, 0.25) is 0 Å². The van der Waals surface area contributed by atoms with Crippen molar-refractivity contribution in [2.45, 2.75) is 38.7 Å². The molecule has 1 aliphatic rings. The van der Waals surface area contributed by atoms with E-state index in [0.29, 0.717) is 11.4 Å². The lowest BCUT2D eigenvalue weighted by molar-refractivity contribution is 0.111. The number of hydrogen-bond acceptors (Lipinski definition) is 3. The molecule has 1 saturated heterocycles. The van der Waals surface area contributed by atoms with E-state index in [0.717, 1.165) is 36.0 Å². The SMILES string of the molecule is CC.O=c1[nH]c2cc(CCl)cnc2cc1C1CCCO1. The van der Waals surface area contributed by atoms with Gasteiger partial charge in [-0.05, 0) is 30.5 Å². The third-order valence-corrected chi connectivity index (χ3v) is 3.52. The van der Waals surface area contributed by atoms with Crippen molar-refractivity contribution in [1.29, 1.82) is 0 Å². The fraction of sp³-hybridized carbons (Fsp3) is 0.467. The lowest BCUT2D eigenvalue weighted by atomic mass is 10.1. The van der Waals surface area contributed by atoms with Crippen LogP contribution < -0.4 is 5.56 Å². The minimum absolute atomic E-state index is 0.0901. The number of halogens is 1. The first-order valence-electron chi connectivity index (χ1n) is 6.97. The summed E-state index contributed by atoms with van der Waals surface area (Å²) in [6.45, 7) is 4.72. The van der Waals surface area contributed by atoms with Crippen LogP contribution in [0.15, 0.2) is 23.1 Å². The van der Waals surface area contributed by atoms with Gasteiger partial charge in [0.1, 0.15) is 0 Å². The number of pyridine rings is 2. The van der Waals surface area contributed by atoms with E-state index in [2.05, 4.69) is 9.97 Å². The van der Waals surface area contributed by atoms with Crippen LogP contribution in [0, 0.1) is 0 Å². The Bertz CT molecular complexity index is 633. The van der Waals surface area contributed by atoms with Gasteiger partial charge in [0.05, 0.1) is 17.1 Å². The van der Waals surface area contributed by atoms with E-state index in [4.69, 9.17) is 16.3 Å². The monoisotopic (exact) mass is 294 g/mol. The first-order valence-corrected chi connectivity index (χ1v) is 7.51. The Balaban J connectivity index is 0.000000704. The Morgan fingerprint density at radius 2 is 2.25 bits per heavy atom. The van der Waals surface area contributed by atoms with Crippen molar-refractivity contribution in [2.75, 3.05) is 6.61 Å². The number of fused-ring (bicyclic) bond motifs is 1. The van der Waals surface area contributed by atoms with Gasteiger partial charge in [0, 0.05) is 24.2 Å². The molecule has 4 nitrogen and oxygen atoms in total. The molecule has 0 bridgehead atoms. The molecule has 2 aromatic heterocycles. The molecule has 20 heavy (non-hydrogen) atoms. The first kappa shape index (κ1) is 15.0. The normalized spacial score (nSPS) is 17.9. The van der Waals surface area contributed by atoms with Crippen LogP contribution >= 0.6 is 11.6 Å². The van der Waals surface area contributed by atoms with E-state index in [-0.39, 0.29) is 11.7 Å². The maximum atomic E-state index is 12.0. The highest BCUT2D eigenvalue weighted by molar-refractivity contribution is 6.17. The van der Waals surface area contributed by atoms with E-state index in [1.54, 1.807) is 6.20 Å². The molecule has 3 rings (SSSR count). The summed E-state index contributed by atoms with van der Waals surface area (Å²) < 4.78 is 5.54. The number of nitrogens with one attached hydrogen (secondary N) is 1. The number of alkyl halides is 1. The van der Waals surface area contributed by atoms with Crippen LogP contribution in [0.5, 0.6) is 0 Å². The molecule has 1 aliphatic heterocycles. The number of aromatic nitrogens is 2. The number of nitrogens with zero attached hydrogens (tertiary/aromatic N) is 1. The van der Waals surface area contributed by atoms with Gasteiger partial charge in [-0.25, -0.2) is 0 Å². The summed E-state index contributed by atoms with van der Waals surface area (Å²) >= 11 is 5.75. The van der Waals surface area contributed by atoms with Gasteiger partial charge in [-0.1, -0.05) is 13.8 Å². The van der Waals surface area contributed by atoms with Crippen molar-refractivity contribution < 1.29 is 4.74 Å². The average Bonchev–Trinajstić information content (AvgIpc) is 3.02. The Morgan fingerprint density at radius 3 is 2.90 bits per heavy atom. The van der Waals surface area contributed by atoms with Crippen LogP contribution in [0.3, 0.4) is 0 Å². The van der Waals surface area contributed by atoms with E-state index in [9.17, 15) is 4.79 Å². The molecular weight excluding hydrogens is 276 g/mol. The molecule has 1 atom stereocenters. The highest BCUT2D eigenvalue weighted by atomic mass is 35.5. The predicted molar refractivity (Wildman–Crippen MR) is 81.2 cm³/mol. The lowest BCUT2D eigenvalue weighted by Gasteiger charge is -2.09. The van der Waals surface area contributed by atoms with E-state index in [1.165, 1.54) is 0 Å². The summed E-state index contributed by atoms with van der Waals surface area (Å²) in [7, 11) is 0. The van der Waals surface area contributed by atoms with Crippen LogP contribution in [0.25, 0.3) is 11.0 Å². The number of aromatic amines is 1. The smallest absolute Gasteiger partial charge is 0.254 e. The minimum atomic E-state index is -0.0945. The number of rotatable bonds is 2. The summed E-state index contributed by atoms with van der Waals surface area (Å²) in [5.41, 5.74) is 2.97. The summed E-state index contributed by atoms with van der Waals surface area (Å²) in [5, 5.41) is 0. The Hall–Kier alpha value is -1.39. The number of ether oxygens (including phenoxy) is 1. The molecule has 0 saturated carbocycles. The molecule has 2 aromatic rings. The van der Waals surface area contributed by atoms with Crippen molar-refractivity contribution in [3.63, 3.8) is 0 Å². The first-order chi connectivity index (χ1) is 9.78. The highest BCUT2D eigenvalue weighted by Gasteiger charge is 2.21. The van der Waals surface area contributed by atoms with E-state index >= 15 is 0 Å². The third-order valence-electron chi connectivity index (χ3n) is 3.21. The molecule has 1 unspecified atom stereocenters. The van der Waals surface area contributed by atoms with Crippen molar-refractivity contribution in [1.82, 2.24) is 9.97 Å². The molecule has 1 fully saturated rings. The van der Waals surface area contributed by atoms with E-state index in [1.807, 2.05) is 26.0 Å². The zero-order chi connectivity index (χ0) is 14.5. The van der Waals surface area contributed by atoms with Crippen molar-refractivity contribution in [2.24, 2.45) is 0 Å². The topological polar surface area (TPSA) is 55.0 Å². The molecule has 0 spiro atoms. The maximum Gasteiger partial charge on any atom is 0.254 e. The Labute approximate surface area is 123 Å². The lowest BCUT2D eigenvalue weighted by Crippen LogP contribution is -2.16. The van der Waals surface area contributed by atoms with Gasteiger partial charge >= 0.3 is 0 Å². The second kappa shape index (κ2) is 6.86. The second-order valence-corrected chi connectivity index (χ2v) is 4.73. The number of H-pyrrole nitrogens is 1. The largest absolute Gasteiger partial charge is 0.373 e. The molecule has 3 heterocycles. The standard InChI is InChI=1S/C13H13ClN2O2.C2H6/c14-6-8-4-11-10(15-7-8)5-9(13(17)16-11)12-2-1-3-18-12;1-2/h4-5,7,12H,1-3,6H2,(H,16,17);1-2H3. The number of hydrogen-bond donors (Lipinski definition) is 1. The van der Waals surface area contributed by atoms with Gasteiger partial charge in [0.15, 0.2) is 0 Å². The molecule has 108 valence electrons. The molecule has 0 radical (unpaired) electrons. The van der Waals surface area contributed by atoms with Gasteiger partial charge in [-0.2, -0.15) is 0 Å². The molecule has 0 aliphatic carbocycles. The molecule has 0 aromatic carbocycles. The van der Waals surface area contributed by atoms with E-state index < -0.39 is 0 Å². The molecular formula is C15H19ClN2O2. The van der Waals surface area contributed by atoms with Crippen LogP contribution in [-0.2, 0) is 10.6 Å². The predicted octanol–water partition coefficient (Wildman–Crippen LogP) is 3.54. The van der Waals surface area contributed by atoms with Gasteiger partial charge in [-0.15, -0.1) is 11.6 Å². The fourth-order valence-corrected chi connectivity index (χ4v) is 2.42. The van der Waals surface area contributed by atoms with Crippen LogP contribution in [-0.4, -0.2) is 16.6 Å². The maximum absolute atomic E-state index is 12.0. The van der Waals surface area contributed by atoms with Gasteiger partial charge in [0.2, 0.25) is 0 Å².